The molecule has 0 aromatic carbocycles. The number of oxime groups is 1. The van der Waals surface area contributed by atoms with E-state index in [1.807, 2.05) is 0 Å². The van der Waals surface area contributed by atoms with E-state index in [1.54, 1.807) is 0 Å². The molecule has 0 aliphatic carbocycles. The summed E-state index contributed by atoms with van der Waals surface area (Å²) in [5.41, 5.74) is 5.38. The zero-order valence-electron chi connectivity index (χ0n) is 16.8. The van der Waals surface area contributed by atoms with E-state index >= 15 is 0 Å². The van der Waals surface area contributed by atoms with Crippen molar-refractivity contribution in [2.75, 3.05) is 18.6 Å². The number of carboxylic acid groups (broad SMARTS) is 1. The maximum Gasteiger partial charge on any atom is 0.352 e. The predicted molar refractivity (Wildman–Crippen MR) is 117 cm³/mol. The first kappa shape index (κ1) is 22.3. The summed E-state index contributed by atoms with van der Waals surface area (Å²) < 4.78 is 9.97. The molecule has 2 amide bonds. The Labute approximate surface area is 193 Å². The summed E-state index contributed by atoms with van der Waals surface area (Å²) in [5, 5.41) is 29.0. The van der Waals surface area contributed by atoms with Crippen LogP contribution >= 0.6 is 23.1 Å². The molecule has 5 N–H and O–H groups in total. The second kappa shape index (κ2) is 8.95. The highest BCUT2D eigenvalue weighted by molar-refractivity contribution is 8.00. The summed E-state index contributed by atoms with van der Waals surface area (Å²) in [6.07, 6.45) is 3.04. The molecule has 0 bridgehead atoms. The van der Waals surface area contributed by atoms with Gasteiger partial charge in [0.1, 0.15) is 22.8 Å². The Bertz CT molecular complexity index is 1220. The standard InChI is InChI=1S/C18H16N6O7S2/c1-30-10-4-8(31-23-10)3-2-7-5-32-16-12(15(26)24(16)13(7)17(27)28)21-14(25)11(22-29)9-6-33-18(19)20-9/h2-4,6,12,16,29H,5H2,1H3,(H2,19,20)(H,21,25)(H,27,28). The molecule has 2 aromatic heterocycles. The Morgan fingerprint density at radius 2 is 2.24 bits per heavy atom. The molecule has 2 atom stereocenters. The lowest BCUT2D eigenvalue weighted by molar-refractivity contribution is -0.150. The van der Waals surface area contributed by atoms with Crippen LogP contribution in [0, 0.1) is 0 Å². The fourth-order valence-corrected chi connectivity index (χ4v) is 5.09. The van der Waals surface area contributed by atoms with Gasteiger partial charge in [0.25, 0.3) is 17.7 Å². The van der Waals surface area contributed by atoms with Gasteiger partial charge in [0.15, 0.2) is 16.6 Å². The minimum Gasteiger partial charge on any atom is -0.479 e. The van der Waals surface area contributed by atoms with E-state index in [-0.39, 0.29) is 28.2 Å². The first-order chi connectivity index (χ1) is 15.8. The molecule has 2 aliphatic heterocycles. The number of nitrogens with one attached hydrogen (secondary N) is 1. The molecule has 172 valence electrons. The highest BCUT2D eigenvalue weighted by atomic mass is 32.2. The van der Waals surface area contributed by atoms with Crippen molar-refractivity contribution in [1.29, 1.82) is 0 Å². The minimum absolute atomic E-state index is 0.0556. The molecule has 2 unspecified atom stereocenters. The second-order valence-electron chi connectivity index (χ2n) is 6.66. The number of β-lactam (4-membered cyclic amide) rings is 1. The number of amides is 2. The van der Waals surface area contributed by atoms with Gasteiger partial charge in [0, 0.05) is 17.2 Å². The van der Waals surface area contributed by atoms with Gasteiger partial charge in [-0.2, -0.15) is 0 Å². The highest BCUT2D eigenvalue weighted by Crippen LogP contribution is 2.40. The Kier molecular flexibility index (Phi) is 6.06. The minimum atomic E-state index is -1.29. The van der Waals surface area contributed by atoms with Crippen molar-refractivity contribution in [3.8, 4) is 5.88 Å². The number of aromatic nitrogens is 2. The molecule has 4 rings (SSSR count). The average molecular weight is 492 g/mol. The number of aliphatic carboxylic acids is 1. The zero-order valence-corrected chi connectivity index (χ0v) is 18.4. The smallest absolute Gasteiger partial charge is 0.352 e. The number of carboxylic acids is 1. The topological polar surface area (TPSA) is 193 Å². The molecule has 15 heteroatoms. The first-order valence-electron chi connectivity index (χ1n) is 9.18. The van der Waals surface area contributed by atoms with Gasteiger partial charge in [-0.1, -0.05) is 11.2 Å². The van der Waals surface area contributed by atoms with E-state index in [9.17, 15) is 24.7 Å². The van der Waals surface area contributed by atoms with Gasteiger partial charge < -0.3 is 30.6 Å². The number of hydrogen-bond acceptors (Lipinski definition) is 12. The van der Waals surface area contributed by atoms with Crippen molar-refractivity contribution < 1.29 is 34.0 Å². The molecular formula is C18H16N6O7S2. The maximum absolute atomic E-state index is 12.8. The van der Waals surface area contributed by atoms with Crippen LogP contribution in [0.2, 0.25) is 0 Å². The van der Waals surface area contributed by atoms with Crippen LogP contribution in [0.25, 0.3) is 6.08 Å². The van der Waals surface area contributed by atoms with Crippen molar-refractivity contribution >= 4 is 57.8 Å². The molecule has 0 radical (unpaired) electrons. The Balaban J connectivity index is 1.51. The van der Waals surface area contributed by atoms with Crippen molar-refractivity contribution in [2.45, 2.75) is 11.4 Å². The Morgan fingerprint density at radius 1 is 1.45 bits per heavy atom. The number of hydrogen-bond donors (Lipinski definition) is 4. The summed E-state index contributed by atoms with van der Waals surface area (Å²) in [5.74, 6) is -1.87. The third kappa shape index (κ3) is 4.14. The van der Waals surface area contributed by atoms with Crippen molar-refractivity contribution in [1.82, 2.24) is 20.4 Å². The van der Waals surface area contributed by atoms with E-state index in [2.05, 4.69) is 20.6 Å². The lowest BCUT2D eigenvalue weighted by Crippen LogP contribution is -2.71. The number of nitrogens with two attached hydrogens (primary N) is 1. The number of rotatable bonds is 7. The Morgan fingerprint density at radius 3 is 2.85 bits per heavy atom. The number of ether oxygens (including phenoxy) is 1. The number of allylic oxidation sites excluding steroid dienone is 1. The van der Waals surface area contributed by atoms with E-state index < -0.39 is 34.9 Å². The van der Waals surface area contributed by atoms with Gasteiger partial charge in [-0.25, -0.2) is 9.78 Å². The maximum atomic E-state index is 12.8. The van der Waals surface area contributed by atoms with Crippen LogP contribution in [0.3, 0.4) is 0 Å². The molecule has 1 saturated heterocycles. The number of thioether (sulfide) groups is 1. The summed E-state index contributed by atoms with van der Waals surface area (Å²) in [6.45, 7) is 0. The quantitative estimate of drug-likeness (QED) is 0.180. The van der Waals surface area contributed by atoms with Gasteiger partial charge in [-0.3, -0.25) is 14.5 Å². The summed E-state index contributed by atoms with van der Waals surface area (Å²) in [6, 6.07) is 0.515. The number of anilines is 1. The number of carbonyl (C=O) groups excluding carboxylic acids is 2. The number of thiazole rings is 1. The van der Waals surface area contributed by atoms with Gasteiger partial charge in [0.2, 0.25) is 0 Å². The van der Waals surface area contributed by atoms with E-state index in [0.29, 0.717) is 11.3 Å². The van der Waals surface area contributed by atoms with Crippen LogP contribution in [-0.4, -0.2) is 73.1 Å². The molecule has 2 aromatic rings. The lowest BCUT2D eigenvalue weighted by Gasteiger charge is -2.49. The van der Waals surface area contributed by atoms with Crippen molar-refractivity contribution in [3.05, 3.63) is 40.2 Å². The number of methoxy groups -OCH3 is 1. The van der Waals surface area contributed by atoms with Gasteiger partial charge in [-0.05, 0) is 16.8 Å². The number of fused-ring (bicyclic) bond motifs is 1. The zero-order chi connectivity index (χ0) is 23.7. The molecule has 2 aliphatic rings. The van der Waals surface area contributed by atoms with Crippen molar-refractivity contribution in [2.24, 2.45) is 5.16 Å². The third-order valence-electron chi connectivity index (χ3n) is 4.73. The fraction of sp³-hybridized carbons (Fsp3) is 0.222. The van der Waals surface area contributed by atoms with Crippen LogP contribution in [0.15, 0.2) is 38.5 Å². The summed E-state index contributed by atoms with van der Waals surface area (Å²) in [4.78, 5) is 42.2. The predicted octanol–water partition coefficient (Wildman–Crippen LogP) is 0.352. The molecule has 4 heterocycles. The van der Waals surface area contributed by atoms with E-state index in [0.717, 1.165) is 16.2 Å². The highest BCUT2D eigenvalue weighted by Gasteiger charge is 2.54. The van der Waals surface area contributed by atoms with E-state index in [1.165, 1.54) is 42.5 Å². The SMILES string of the molecule is COc1cc(C=CC2=C(C(=O)O)N3C(=O)C(NC(=O)C(=NO)c4csc(N)n4)C3SC2)on1. The number of carbonyl (C=O) groups is 3. The first-order valence-corrected chi connectivity index (χ1v) is 11.1. The molecule has 33 heavy (non-hydrogen) atoms. The van der Waals surface area contributed by atoms with Gasteiger partial charge in [0.05, 0.1) is 7.11 Å². The summed E-state index contributed by atoms with van der Waals surface area (Å²) in [7, 11) is 1.43. The molecule has 1 fully saturated rings. The van der Waals surface area contributed by atoms with E-state index in [4.69, 9.17) is 15.0 Å². The largest absolute Gasteiger partial charge is 0.479 e. The average Bonchev–Trinajstić information content (AvgIpc) is 3.44. The van der Waals surface area contributed by atoms with Crippen LogP contribution in [0.4, 0.5) is 5.13 Å². The Hall–Kier alpha value is -3.85. The molecule has 13 nitrogen and oxygen atoms in total. The van der Waals surface area contributed by atoms with Gasteiger partial charge >= 0.3 is 5.97 Å². The summed E-state index contributed by atoms with van der Waals surface area (Å²) >= 11 is 2.32. The van der Waals surface area contributed by atoms with Crippen LogP contribution in [-0.2, 0) is 14.4 Å². The second-order valence-corrected chi connectivity index (χ2v) is 8.66. The van der Waals surface area contributed by atoms with Crippen LogP contribution in [0.1, 0.15) is 11.5 Å². The fourth-order valence-electron chi connectivity index (χ4n) is 3.22. The van der Waals surface area contributed by atoms with Crippen LogP contribution < -0.4 is 15.8 Å². The van der Waals surface area contributed by atoms with Crippen molar-refractivity contribution in [3.63, 3.8) is 0 Å². The monoisotopic (exact) mass is 492 g/mol. The lowest BCUT2D eigenvalue weighted by atomic mass is 10.0. The molecular weight excluding hydrogens is 476 g/mol. The van der Waals surface area contributed by atoms with Gasteiger partial charge in [-0.15, -0.1) is 23.1 Å². The molecule has 0 saturated carbocycles. The third-order valence-corrected chi connectivity index (χ3v) is 6.71. The van der Waals surface area contributed by atoms with Crippen LogP contribution in [0.5, 0.6) is 5.88 Å². The number of nitrogens with zero attached hydrogens (tertiary/aromatic N) is 4. The normalized spacial score (nSPS) is 20.6. The number of nitrogen functional groups attached to an aromatic ring is 1. The molecule has 0 spiro atoms.